The molecular formula is C15H12FN3O. The third-order valence-corrected chi connectivity index (χ3v) is 2.79. The maximum atomic E-state index is 12.8. The highest BCUT2D eigenvalue weighted by molar-refractivity contribution is 5.53. The van der Waals surface area contributed by atoms with Gasteiger partial charge in [0, 0.05) is 11.3 Å². The first kappa shape index (κ1) is 12.3. The summed E-state index contributed by atoms with van der Waals surface area (Å²) in [5.74, 6) is 0.773. The number of hydrogen-bond donors (Lipinski definition) is 1. The topological polar surface area (TPSA) is 51.0 Å². The van der Waals surface area contributed by atoms with Gasteiger partial charge in [-0.3, -0.25) is 0 Å². The van der Waals surface area contributed by atoms with Crippen molar-refractivity contribution in [3.63, 3.8) is 0 Å². The molecule has 0 saturated heterocycles. The molecule has 3 aromatic rings. The molecule has 5 heteroatoms. The van der Waals surface area contributed by atoms with Gasteiger partial charge in [-0.25, -0.2) is 4.39 Å². The molecule has 0 aliphatic carbocycles. The third-order valence-electron chi connectivity index (χ3n) is 2.79. The smallest absolute Gasteiger partial charge is 0.246 e. The van der Waals surface area contributed by atoms with Gasteiger partial charge in [-0.15, -0.1) is 0 Å². The molecule has 1 aromatic heterocycles. The highest BCUT2D eigenvalue weighted by Gasteiger charge is 2.07. The number of nitrogens with one attached hydrogen (secondary N) is 1. The lowest BCUT2D eigenvalue weighted by Crippen LogP contribution is -1.99. The van der Waals surface area contributed by atoms with E-state index < -0.39 is 0 Å². The van der Waals surface area contributed by atoms with E-state index in [0.29, 0.717) is 18.3 Å². The molecule has 3 rings (SSSR count). The average molecular weight is 269 g/mol. The van der Waals surface area contributed by atoms with E-state index in [0.717, 1.165) is 11.3 Å². The molecule has 1 N–H and O–H groups in total. The lowest BCUT2D eigenvalue weighted by Gasteiger charge is -2.01. The van der Waals surface area contributed by atoms with Gasteiger partial charge in [0.15, 0.2) is 0 Å². The zero-order chi connectivity index (χ0) is 13.8. The standard InChI is InChI=1S/C15H12FN3O/c16-12-6-8-13(9-7-12)17-10-14-18-15(19-20-14)11-4-2-1-3-5-11/h1-9,17H,10H2. The maximum Gasteiger partial charge on any atom is 0.246 e. The molecule has 20 heavy (non-hydrogen) atoms. The summed E-state index contributed by atoms with van der Waals surface area (Å²) in [7, 11) is 0. The minimum absolute atomic E-state index is 0.264. The average Bonchev–Trinajstić information content (AvgIpc) is 2.97. The van der Waals surface area contributed by atoms with Crippen molar-refractivity contribution in [1.29, 1.82) is 0 Å². The molecule has 0 atom stereocenters. The van der Waals surface area contributed by atoms with Crippen LogP contribution in [0.15, 0.2) is 59.1 Å². The van der Waals surface area contributed by atoms with Gasteiger partial charge in [0.05, 0.1) is 6.54 Å². The Morgan fingerprint density at radius 2 is 1.75 bits per heavy atom. The van der Waals surface area contributed by atoms with Gasteiger partial charge < -0.3 is 9.84 Å². The maximum absolute atomic E-state index is 12.8. The van der Waals surface area contributed by atoms with Gasteiger partial charge in [0.1, 0.15) is 5.82 Å². The Labute approximate surface area is 115 Å². The van der Waals surface area contributed by atoms with E-state index >= 15 is 0 Å². The lowest BCUT2D eigenvalue weighted by atomic mass is 10.2. The molecule has 0 aliphatic heterocycles. The molecular weight excluding hydrogens is 257 g/mol. The van der Waals surface area contributed by atoms with Crippen LogP contribution in [0.25, 0.3) is 11.4 Å². The molecule has 0 saturated carbocycles. The van der Waals surface area contributed by atoms with Crippen LogP contribution >= 0.6 is 0 Å². The Hall–Kier alpha value is -2.69. The Morgan fingerprint density at radius 3 is 2.50 bits per heavy atom. The number of aromatic nitrogens is 2. The summed E-state index contributed by atoms with van der Waals surface area (Å²) in [6.45, 7) is 0.394. The van der Waals surface area contributed by atoms with Crippen LogP contribution in [0, 0.1) is 5.82 Å². The normalized spacial score (nSPS) is 10.4. The van der Waals surface area contributed by atoms with E-state index in [1.165, 1.54) is 12.1 Å². The van der Waals surface area contributed by atoms with Crippen LogP contribution in [0.4, 0.5) is 10.1 Å². The Morgan fingerprint density at radius 1 is 1.00 bits per heavy atom. The minimum atomic E-state index is -0.264. The first-order valence-electron chi connectivity index (χ1n) is 6.19. The lowest BCUT2D eigenvalue weighted by molar-refractivity contribution is 0.384. The predicted octanol–water partition coefficient (Wildman–Crippen LogP) is 3.49. The van der Waals surface area contributed by atoms with E-state index in [4.69, 9.17) is 4.52 Å². The molecule has 0 amide bonds. The van der Waals surface area contributed by atoms with Crippen LogP contribution in [0.3, 0.4) is 0 Å². The van der Waals surface area contributed by atoms with Crippen LogP contribution in [0.5, 0.6) is 0 Å². The Balaban J connectivity index is 1.67. The first-order valence-corrected chi connectivity index (χ1v) is 6.19. The first-order chi connectivity index (χ1) is 9.81. The zero-order valence-electron chi connectivity index (χ0n) is 10.6. The van der Waals surface area contributed by atoms with E-state index in [-0.39, 0.29) is 5.82 Å². The Kier molecular flexibility index (Phi) is 3.41. The molecule has 2 aromatic carbocycles. The summed E-state index contributed by atoms with van der Waals surface area (Å²) >= 11 is 0. The largest absolute Gasteiger partial charge is 0.376 e. The molecule has 100 valence electrons. The number of anilines is 1. The summed E-state index contributed by atoms with van der Waals surface area (Å²) in [4.78, 5) is 4.30. The Bertz CT molecular complexity index is 680. The summed E-state index contributed by atoms with van der Waals surface area (Å²) in [5, 5.41) is 7.02. The highest BCUT2D eigenvalue weighted by atomic mass is 19.1. The van der Waals surface area contributed by atoms with Gasteiger partial charge >= 0.3 is 0 Å². The molecule has 0 spiro atoms. The number of hydrogen-bond acceptors (Lipinski definition) is 4. The van der Waals surface area contributed by atoms with E-state index in [1.807, 2.05) is 30.3 Å². The summed E-state index contributed by atoms with van der Waals surface area (Å²) in [6, 6.07) is 15.7. The second-order valence-corrected chi connectivity index (χ2v) is 4.24. The zero-order valence-corrected chi connectivity index (χ0v) is 10.6. The third kappa shape index (κ3) is 2.83. The molecule has 0 aliphatic rings. The number of nitrogens with zero attached hydrogens (tertiary/aromatic N) is 2. The SMILES string of the molecule is Fc1ccc(NCc2nc(-c3ccccc3)no2)cc1. The van der Waals surface area contributed by atoms with E-state index in [9.17, 15) is 4.39 Å². The van der Waals surface area contributed by atoms with Gasteiger partial charge in [-0.1, -0.05) is 35.5 Å². The van der Waals surface area contributed by atoms with Crippen molar-refractivity contribution in [2.75, 3.05) is 5.32 Å². The molecule has 4 nitrogen and oxygen atoms in total. The highest BCUT2D eigenvalue weighted by Crippen LogP contribution is 2.15. The monoisotopic (exact) mass is 269 g/mol. The number of halogens is 1. The fourth-order valence-electron chi connectivity index (χ4n) is 1.78. The van der Waals surface area contributed by atoms with Crippen molar-refractivity contribution >= 4 is 5.69 Å². The molecule has 0 radical (unpaired) electrons. The summed E-state index contributed by atoms with van der Waals surface area (Å²) < 4.78 is 17.9. The van der Waals surface area contributed by atoms with Crippen molar-refractivity contribution in [2.45, 2.75) is 6.54 Å². The molecule has 1 heterocycles. The van der Waals surface area contributed by atoms with Gasteiger partial charge in [0.25, 0.3) is 0 Å². The summed E-state index contributed by atoms with van der Waals surface area (Å²) in [5.41, 5.74) is 1.70. The quantitative estimate of drug-likeness (QED) is 0.787. The van der Waals surface area contributed by atoms with Gasteiger partial charge in [0.2, 0.25) is 11.7 Å². The minimum Gasteiger partial charge on any atom is -0.376 e. The van der Waals surface area contributed by atoms with Crippen LogP contribution < -0.4 is 5.32 Å². The second-order valence-electron chi connectivity index (χ2n) is 4.24. The van der Waals surface area contributed by atoms with Crippen LogP contribution in [0.2, 0.25) is 0 Å². The fourth-order valence-corrected chi connectivity index (χ4v) is 1.78. The molecule has 0 bridgehead atoms. The predicted molar refractivity (Wildman–Crippen MR) is 73.5 cm³/mol. The van der Waals surface area contributed by atoms with E-state index in [2.05, 4.69) is 15.5 Å². The molecule has 0 unspecified atom stereocenters. The second kappa shape index (κ2) is 5.52. The van der Waals surface area contributed by atoms with E-state index in [1.54, 1.807) is 12.1 Å². The summed E-state index contributed by atoms with van der Waals surface area (Å²) in [6.07, 6.45) is 0. The van der Waals surface area contributed by atoms with Crippen molar-refractivity contribution in [2.24, 2.45) is 0 Å². The van der Waals surface area contributed by atoms with Crippen LogP contribution in [0.1, 0.15) is 5.89 Å². The van der Waals surface area contributed by atoms with Crippen molar-refractivity contribution in [3.8, 4) is 11.4 Å². The number of benzene rings is 2. The van der Waals surface area contributed by atoms with Crippen molar-refractivity contribution in [3.05, 3.63) is 66.3 Å². The van der Waals surface area contributed by atoms with Crippen molar-refractivity contribution < 1.29 is 8.91 Å². The van der Waals surface area contributed by atoms with Crippen LogP contribution in [-0.2, 0) is 6.54 Å². The van der Waals surface area contributed by atoms with Gasteiger partial charge in [-0.05, 0) is 24.3 Å². The molecule has 0 fully saturated rings. The number of rotatable bonds is 4. The fraction of sp³-hybridized carbons (Fsp3) is 0.0667. The van der Waals surface area contributed by atoms with Crippen LogP contribution in [-0.4, -0.2) is 10.1 Å². The van der Waals surface area contributed by atoms with Gasteiger partial charge in [-0.2, -0.15) is 4.98 Å². The van der Waals surface area contributed by atoms with Crippen molar-refractivity contribution in [1.82, 2.24) is 10.1 Å².